The molecule has 0 radical (unpaired) electrons. The van der Waals surface area contributed by atoms with Crippen LogP contribution in [-0.2, 0) is 16.1 Å². The molecule has 2 fully saturated rings. The number of alkyl halides is 3. The van der Waals surface area contributed by atoms with E-state index in [1.54, 1.807) is 5.51 Å². The van der Waals surface area contributed by atoms with Crippen molar-refractivity contribution in [3.05, 3.63) is 52.0 Å². The number of thiazole rings is 1. The third-order valence-corrected chi connectivity index (χ3v) is 5.86. The number of rotatable bonds is 3. The SMILES string of the molecule is Cc1cccc(CN2C[C@@H]3CN(C(=O)c4cscn4)CCO[C@@H]3C2)c1.O=C(O)C(F)(F)F. The van der Waals surface area contributed by atoms with Gasteiger partial charge in [0.1, 0.15) is 5.69 Å². The summed E-state index contributed by atoms with van der Waals surface area (Å²) >= 11 is 1.46. The molecule has 1 N–H and O–H groups in total. The standard InChI is InChI=1S/C19H23N3O2S.C2HF3O2/c1-14-3-2-4-15(7-14)8-21-9-16-10-22(5-6-24-18(16)11-21)19(23)17-12-25-13-20-17;3-2(4,5)1(6)7/h2-4,7,12-13,16,18H,5-6,8-11H2,1H3;(H,6,7)/t16-,18-;/m1./s1. The quantitative estimate of drug-likeness (QED) is 0.741. The Morgan fingerprint density at radius 3 is 2.66 bits per heavy atom. The summed E-state index contributed by atoms with van der Waals surface area (Å²) in [6.07, 6.45) is -4.86. The van der Waals surface area contributed by atoms with Gasteiger partial charge in [0.05, 0.1) is 18.2 Å². The summed E-state index contributed by atoms with van der Waals surface area (Å²) in [6, 6.07) is 8.67. The van der Waals surface area contributed by atoms with Gasteiger partial charge < -0.3 is 14.7 Å². The van der Waals surface area contributed by atoms with E-state index in [1.807, 2.05) is 10.3 Å². The number of hydrogen-bond acceptors (Lipinski definition) is 6. The lowest BCUT2D eigenvalue weighted by Crippen LogP contribution is -2.37. The number of carboxylic acid groups (broad SMARTS) is 1. The molecule has 0 unspecified atom stereocenters. The normalized spacial score (nSPS) is 21.3. The zero-order valence-electron chi connectivity index (χ0n) is 17.4. The van der Waals surface area contributed by atoms with Crippen LogP contribution in [0, 0.1) is 12.8 Å². The summed E-state index contributed by atoms with van der Waals surface area (Å²) in [5.74, 6) is -2.36. The van der Waals surface area contributed by atoms with Gasteiger partial charge in [-0.2, -0.15) is 13.2 Å². The van der Waals surface area contributed by atoms with E-state index in [-0.39, 0.29) is 12.0 Å². The van der Waals surface area contributed by atoms with E-state index in [9.17, 15) is 18.0 Å². The summed E-state index contributed by atoms with van der Waals surface area (Å²) < 4.78 is 37.8. The van der Waals surface area contributed by atoms with Crippen molar-refractivity contribution in [2.24, 2.45) is 5.92 Å². The number of carboxylic acids is 1. The molecule has 3 heterocycles. The molecular formula is C21H24F3N3O4S. The summed E-state index contributed by atoms with van der Waals surface area (Å²) in [6.45, 7) is 7.00. The van der Waals surface area contributed by atoms with Gasteiger partial charge in [0.15, 0.2) is 0 Å². The highest BCUT2D eigenvalue weighted by Gasteiger charge is 2.39. The van der Waals surface area contributed by atoms with E-state index < -0.39 is 12.1 Å². The third kappa shape index (κ3) is 6.50. The van der Waals surface area contributed by atoms with E-state index >= 15 is 0 Å². The van der Waals surface area contributed by atoms with Crippen LogP contribution in [0.5, 0.6) is 0 Å². The van der Waals surface area contributed by atoms with Crippen LogP contribution in [0.25, 0.3) is 0 Å². The van der Waals surface area contributed by atoms with E-state index in [4.69, 9.17) is 14.6 Å². The second-order valence-corrected chi connectivity index (χ2v) is 8.50. The summed E-state index contributed by atoms with van der Waals surface area (Å²) in [7, 11) is 0. The molecule has 0 spiro atoms. The van der Waals surface area contributed by atoms with Crippen LogP contribution in [0.1, 0.15) is 21.6 Å². The predicted octanol–water partition coefficient (Wildman–Crippen LogP) is 3.06. The van der Waals surface area contributed by atoms with E-state index in [0.717, 1.165) is 26.2 Å². The first-order chi connectivity index (χ1) is 15.1. The molecule has 0 saturated carbocycles. The molecule has 2 atom stereocenters. The number of halogens is 3. The number of aromatic nitrogens is 1. The Bertz CT molecular complexity index is 923. The first-order valence-corrected chi connectivity index (χ1v) is 10.9. The monoisotopic (exact) mass is 471 g/mol. The molecule has 1 aromatic carbocycles. The van der Waals surface area contributed by atoms with Crippen molar-refractivity contribution in [2.45, 2.75) is 25.7 Å². The van der Waals surface area contributed by atoms with Crippen molar-refractivity contribution in [1.82, 2.24) is 14.8 Å². The zero-order chi connectivity index (χ0) is 23.3. The number of carbonyl (C=O) groups is 2. The lowest BCUT2D eigenvalue weighted by atomic mass is 10.1. The van der Waals surface area contributed by atoms with Gasteiger partial charge in [-0.05, 0) is 12.5 Å². The Morgan fingerprint density at radius 1 is 1.28 bits per heavy atom. The number of amides is 1. The van der Waals surface area contributed by atoms with Gasteiger partial charge in [-0.3, -0.25) is 9.69 Å². The summed E-state index contributed by atoms with van der Waals surface area (Å²) in [5.41, 5.74) is 4.90. The number of aliphatic carboxylic acids is 1. The number of ether oxygens (including phenoxy) is 1. The summed E-state index contributed by atoms with van der Waals surface area (Å²) in [4.78, 5) is 30.0. The van der Waals surface area contributed by atoms with Crippen LogP contribution < -0.4 is 0 Å². The molecule has 2 aliphatic rings. The first kappa shape index (κ1) is 24.1. The molecule has 2 aliphatic heterocycles. The first-order valence-electron chi connectivity index (χ1n) is 10.0. The van der Waals surface area contributed by atoms with Crippen molar-refractivity contribution in [3.8, 4) is 0 Å². The molecule has 32 heavy (non-hydrogen) atoms. The van der Waals surface area contributed by atoms with Gasteiger partial charge in [-0.15, -0.1) is 11.3 Å². The van der Waals surface area contributed by atoms with Crippen molar-refractivity contribution in [3.63, 3.8) is 0 Å². The van der Waals surface area contributed by atoms with Crippen molar-refractivity contribution in [2.75, 3.05) is 32.8 Å². The second kappa shape index (κ2) is 10.4. The Balaban J connectivity index is 0.000000360. The summed E-state index contributed by atoms with van der Waals surface area (Å²) in [5, 5.41) is 8.95. The van der Waals surface area contributed by atoms with Crippen LogP contribution >= 0.6 is 11.3 Å². The fourth-order valence-corrected chi connectivity index (χ4v) is 4.37. The van der Waals surface area contributed by atoms with Gasteiger partial charge in [0.2, 0.25) is 0 Å². The smallest absolute Gasteiger partial charge is 0.475 e. The molecule has 174 valence electrons. The van der Waals surface area contributed by atoms with Crippen molar-refractivity contribution >= 4 is 23.2 Å². The molecular weight excluding hydrogens is 447 g/mol. The van der Waals surface area contributed by atoms with Gasteiger partial charge in [-0.1, -0.05) is 29.8 Å². The van der Waals surface area contributed by atoms with E-state index in [0.29, 0.717) is 24.8 Å². The highest BCUT2D eigenvalue weighted by atomic mass is 32.1. The number of likely N-dealkylation sites (tertiary alicyclic amines) is 1. The average molecular weight is 472 g/mol. The molecule has 11 heteroatoms. The molecule has 7 nitrogen and oxygen atoms in total. The number of benzene rings is 1. The minimum Gasteiger partial charge on any atom is -0.475 e. The lowest BCUT2D eigenvalue weighted by molar-refractivity contribution is -0.192. The van der Waals surface area contributed by atoms with Crippen LogP contribution in [-0.4, -0.2) is 76.8 Å². The molecule has 1 aromatic heterocycles. The molecule has 0 aliphatic carbocycles. The topological polar surface area (TPSA) is 83.0 Å². The predicted molar refractivity (Wildman–Crippen MR) is 111 cm³/mol. The Morgan fingerprint density at radius 2 is 2.03 bits per heavy atom. The number of nitrogens with zero attached hydrogens (tertiary/aromatic N) is 3. The minimum absolute atomic E-state index is 0.0302. The maximum Gasteiger partial charge on any atom is 0.490 e. The van der Waals surface area contributed by atoms with Crippen LogP contribution in [0.2, 0.25) is 0 Å². The molecule has 4 rings (SSSR count). The fourth-order valence-electron chi connectivity index (χ4n) is 3.84. The Labute approximate surface area is 187 Å². The second-order valence-electron chi connectivity index (χ2n) is 7.78. The van der Waals surface area contributed by atoms with E-state index in [1.165, 1.54) is 22.5 Å². The minimum atomic E-state index is -5.08. The molecule has 2 aromatic rings. The fraction of sp³-hybridized carbons (Fsp3) is 0.476. The Kier molecular flexibility index (Phi) is 7.86. The number of aryl methyl sites for hydroxylation is 1. The van der Waals surface area contributed by atoms with Crippen LogP contribution in [0.3, 0.4) is 0 Å². The van der Waals surface area contributed by atoms with Gasteiger partial charge >= 0.3 is 12.1 Å². The molecule has 1 amide bonds. The largest absolute Gasteiger partial charge is 0.490 e. The number of fused-ring (bicyclic) bond motifs is 1. The molecule has 2 saturated heterocycles. The molecule has 0 bridgehead atoms. The average Bonchev–Trinajstić information content (AvgIpc) is 3.33. The highest BCUT2D eigenvalue weighted by molar-refractivity contribution is 7.07. The zero-order valence-corrected chi connectivity index (χ0v) is 18.2. The maximum absolute atomic E-state index is 12.6. The van der Waals surface area contributed by atoms with Crippen molar-refractivity contribution < 1.29 is 32.6 Å². The number of carbonyl (C=O) groups excluding carboxylic acids is 1. The Hall–Kier alpha value is -2.50. The highest BCUT2D eigenvalue weighted by Crippen LogP contribution is 2.26. The number of hydrogen-bond donors (Lipinski definition) is 1. The van der Waals surface area contributed by atoms with Gasteiger partial charge in [0.25, 0.3) is 5.91 Å². The van der Waals surface area contributed by atoms with Crippen LogP contribution in [0.4, 0.5) is 13.2 Å². The van der Waals surface area contributed by atoms with Gasteiger partial charge in [0, 0.05) is 44.0 Å². The van der Waals surface area contributed by atoms with E-state index in [2.05, 4.69) is 41.1 Å². The third-order valence-electron chi connectivity index (χ3n) is 5.27. The maximum atomic E-state index is 12.6. The van der Waals surface area contributed by atoms with Gasteiger partial charge in [-0.25, -0.2) is 9.78 Å². The van der Waals surface area contributed by atoms with Crippen LogP contribution in [0.15, 0.2) is 35.2 Å². The van der Waals surface area contributed by atoms with Crippen molar-refractivity contribution in [1.29, 1.82) is 0 Å². The lowest BCUT2D eigenvalue weighted by Gasteiger charge is -2.23.